The van der Waals surface area contributed by atoms with Crippen molar-refractivity contribution in [3.05, 3.63) is 17.5 Å². The molecule has 1 amide bonds. The summed E-state index contributed by atoms with van der Waals surface area (Å²) < 4.78 is 32.5. The van der Waals surface area contributed by atoms with Crippen molar-refractivity contribution < 1.29 is 17.9 Å². The highest BCUT2D eigenvalue weighted by Gasteiger charge is 2.35. The highest BCUT2D eigenvalue weighted by molar-refractivity contribution is 7.88. The first-order valence-electron chi connectivity index (χ1n) is 9.82. The number of nitrogens with zero attached hydrogens (tertiary/aromatic N) is 4. The molecular formula is C18H31N5O4S. The third kappa shape index (κ3) is 4.91. The second-order valence-corrected chi connectivity index (χ2v) is 9.65. The molecule has 0 aliphatic carbocycles. The predicted octanol–water partition coefficient (Wildman–Crippen LogP) is -0.0268. The molecule has 9 nitrogen and oxygen atoms in total. The molecule has 2 fully saturated rings. The van der Waals surface area contributed by atoms with E-state index in [2.05, 4.69) is 15.3 Å². The minimum absolute atomic E-state index is 0.123. The standard InChI is InChI=1S/C18H31N5O4S/c1-14-17(12-20-21(14)2)18(24)19-7-9-23(15-5-10-27-11-6-15)16-4-8-22(13-16)28(3,25)26/h12,15-16H,4-11,13H2,1-3H3,(H,19,24). The summed E-state index contributed by atoms with van der Waals surface area (Å²) in [5.41, 5.74) is 1.42. The molecular weight excluding hydrogens is 382 g/mol. The summed E-state index contributed by atoms with van der Waals surface area (Å²) in [5, 5.41) is 7.11. The van der Waals surface area contributed by atoms with Crippen molar-refractivity contribution in [2.45, 2.75) is 38.3 Å². The van der Waals surface area contributed by atoms with Crippen molar-refractivity contribution in [2.24, 2.45) is 7.05 Å². The monoisotopic (exact) mass is 413 g/mol. The lowest BCUT2D eigenvalue weighted by Crippen LogP contribution is -2.50. The van der Waals surface area contributed by atoms with Gasteiger partial charge < -0.3 is 10.1 Å². The van der Waals surface area contributed by atoms with E-state index in [0.717, 1.165) is 38.2 Å². The van der Waals surface area contributed by atoms with Gasteiger partial charge in [0.05, 0.1) is 18.0 Å². The van der Waals surface area contributed by atoms with E-state index in [0.29, 0.717) is 37.8 Å². The van der Waals surface area contributed by atoms with Crippen LogP contribution in [-0.2, 0) is 21.8 Å². The maximum atomic E-state index is 12.5. The molecule has 1 atom stereocenters. The van der Waals surface area contributed by atoms with E-state index in [1.165, 1.54) is 6.26 Å². The van der Waals surface area contributed by atoms with Crippen LogP contribution in [0.4, 0.5) is 0 Å². The molecule has 0 aromatic carbocycles. The second-order valence-electron chi connectivity index (χ2n) is 7.67. The van der Waals surface area contributed by atoms with Gasteiger partial charge in [-0.15, -0.1) is 0 Å². The van der Waals surface area contributed by atoms with Crippen molar-refractivity contribution >= 4 is 15.9 Å². The van der Waals surface area contributed by atoms with Gasteiger partial charge in [-0.2, -0.15) is 5.10 Å². The molecule has 10 heteroatoms. The normalized spacial score (nSPS) is 22.1. The minimum Gasteiger partial charge on any atom is -0.381 e. The number of nitrogens with one attached hydrogen (secondary N) is 1. The third-order valence-electron chi connectivity index (χ3n) is 5.86. The second kappa shape index (κ2) is 8.89. The third-order valence-corrected chi connectivity index (χ3v) is 7.13. The van der Waals surface area contributed by atoms with E-state index in [4.69, 9.17) is 4.74 Å². The lowest BCUT2D eigenvalue weighted by molar-refractivity contribution is 0.0194. The molecule has 2 aliphatic rings. The number of amides is 1. The average Bonchev–Trinajstić information content (AvgIpc) is 3.27. The van der Waals surface area contributed by atoms with Crippen LogP contribution in [0.15, 0.2) is 6.20 Å². The smallest absolute Gasteiger partial charge is 0.254 e. The van der Waals surface area contributed by atoms with Crippen molar-refractivity contribution in [1.82, 2.24) is 24.3 Å². The predicted molar refractivity (Wildman–Crippen MR) is 106 cm³/mol. The molecule has 0 radical (unpaired) electrons. The number of carbonyl (C=O) groups excluding carboxylic acids is 1. The molecule has 28 heavy (non-hydrogen) atoms. The maximum absolute atomic E-state index is 12.5. The Labute approximate surface area is 167 Å². The van der Waals surface area contributed by atoms with E-state index in [1.807, 2.05) is 14.0 Å². The number of aromatic nitrogens is 2. The highest BCUT2D eigenvalue weighted by atomic mass is 32.2. The zero-order valence-corrected chi connectivity index (χ0v) is 17.7. The van der Waals surface area contributed by atoms with Gasteiger partial charge in [0, 0.05) is 64.2 Å². The van der Waals surface area contributed by atoms with Crippen molar-refractivity contribution in [3.63, 3.8) is 0 Å². The summed E-state index contributed by atoms with van der Waals surface area (Å²) in [6.07, 6.45) is 5.54. The number of hydrogen-bond acceptors (Lipinski definition) is 6. The first-order chi connectivity index (χ1) is 13.3. The molecule has 1 unspecified atom stereocenters. The Morgan fingerprint density at radius 1 is 1.32 bits per heavy atom. The summed E-state index contributed by atoms with van der Waals surface area (Å²) >= 11 is 0. The maximum Gasteiger partial charge on any atom is 0.254 e. The summed E-state index contributed by atoms with van der Waals surface area (Å²) in [7, 11) is -1.36. The van der Waals surface area contributed by atoms with E-state index >= 15 is 0 Å². The number of aryl methyl sites for hydroxylation is 1. The molecule has 2 saturated heterocycles. The molecule has 158 valence electrons. The Balaban J connectivity index is 1.61. The Bertz CT molecular complexity index is 788. The van der Waals surface area contributed by atoms with Crippen LogP contribution in [-0.4, -0.2) is 91.0 Å². The lowest BCUT2D eigenvalue weighted by Gasteiger charge is -2.38. The van der Waals surface area contributed by atoms with Crippen LogP contribution in [0.2, 0.25) is 0 Å². The molecule has 1 N–H and O–H groups in total. The Hall–Kier alpha value is -1.49. The number of carbonyl (C=O) groups is 1. The first kappa shape index (κ1) is 21.2. The quantitative estimate of drug-likeness (QED) is 0.675. The zero-order valence-electron chi connectivity index (χ0n) is 16.9. The Kier molecular flexibility index (Phi) is 6.74. The van der Waals surface area contributed by atoms with Crippen LogP contribution >= 0.6 is 0 Å². The van der Waals surface area contributed by atoms with Crippen molar-refractivity contribution in [2.75, 3.05) is 45.6 Å². The van der Waals surface area contributed by atoms with E-state index in [-0.39, 0.29) is 11.9 Å². The fourth-order valence-electron chi connectivity index (χ4n) is 4.08. The summed E-state index contributed by atoms with van der Waals surface area (Å²) in [5.74, 6) is -0.123. The fraction of sp³-hybridized carbons (Fsp3) is 0.778. The average molecular weight is 414 g/mol. The van der Waals surface area contributed by atoms with Gasteiger partial charge >= 0.3 is 0 Å². The molecule has 2 aliphatic heterocycles. The van der Waals surface area contributed by atoms with Gasteiger partial charge in [-0.05, 0) is 26.2 Å². The highest BCUT2D eigenvalue weighted by Crippen LogP contribution is 2.24. The SMILES string of the molecule is Cc1c(C(=O)NCCN(C2CCOCC2)C2CCN(S(C)(=O)=O)C2)cnn1C. The summed E-state index contributed by atoms with van der Waals surface area (Å²) in [6.45, 7) is 5.61. The Morgan fingerprint density at radius 2 is 2.04 bits per heavy atom. The molecule has 0 saturated carbocycles. The van der Waals surface area contributed by atoms with Crippen molar-refractivity contribution in [3.8, 4) is 0 Å². The molecule has 1 aromatic rings. The van der Waals surface area contributed by atoms with Gasteiger partial charge in [0.2, 0.25) is 10.0 Å². The number of sulfonamides is 1. The number of ether oxygens (including phenoxy) is 1. The number of rotatable bonds is 7. The van der Waals surface area contributed by atoms with Gasteiger partial charge in [-0.1, -0.05) is 0 Å². The van der Waals surface area contributed by atoms with E-state index in [9.17, 15) is 13.2 Å². The van der Waals surface area contributed by atoms with Gasteiger partial charge in [-0.3, -0.25) is 14.4 Å². The topological polar surface area (TPSA) is 96.8 Å². The molecule has 0 bridgehead atoms. The summed E-state index contributed by atoms with van der Waals surface area (Å²) in [6, 6.07) is 0.533. The van der Waals surface area contributed by atoms with Crippen LogP contribution in [0.1, 0.15) is 35.3 Å². The van der Waals surface area contributed by atoms with Gasteiger partial charge in [0.1, 0.15) is 0 Å². The van der Waals surface area contributed by atoms with Gasteiger partial charge in [0.25, 0.3) is 5.91 Å². The van der Waals surface area contributed by atoms with Crippen LogP contribution in [0, 0.1) is 6.92 Å². The molecule has 3 rings (SSSR count). The zero-order chi connectivity index (χ0) is 20.3. The largest absolute Gasteiger partial charge is 0.381 e. The molecule has 0 spiro atoms. The van der Waals surface area contributed by atoms with Gasteiger partial charge in [-0.25, -0.2) is 12.7 Å². The lowest BCUT2D eigenvalue weighted by atomic mass is 10.0. The van der Waals surface area contributed by atoms with Crippen LogP contribution in [0.25, 0.3) is 0 Å². The van der Waals surface area contributed by atoms with Crippen LogP contribution < -0.4 is 5.32 Å². The van der Waals surface area contributed by atoms with Crippen LogP contribution in [0.5, 0.6) is 0 Å². The fourth-order valence-corrected chi connectivity index (χ4v) is 4.96. The first-order valence-corrected chi connectivity index (χ1v) is 11.7. The molecule has 1 aromatic heterocycles. The van der Waals surface area contributed by atoms with E-state index in [1.54, 1.807) is 15.2 Å². The van der Waals surface area contributed by atoms with Crippen molar-refractivity contribution in [1.29, 1.82) is 0 Å². The number of hydrogen-bond donors (Lipinski definition) is 1. The van der Waals surface area contributed by atoms with Crippen LogP contribution in [0.3, 0.4) is 0 Å². The Morgan fingerprint density at radius 3 is 2.61 bits per heavy atom. The molecule has 3 heterocycles. The summed E-state index contributed by atoms with van der Waals surface area (Å²) in [4.78, 5) is 14.8. The minimum atomic E-state index is -3.17. The van der Waals surface area contributed by atoms with Gasteiger partial charge in [0.15, 0.2) is 0 Å². The van der Waals surface area contributed by atoms with E-state index < -0.39 is 10.0 Å².